The van der Waals surface area contributed by atoms with E-state index in [0.717, 1.165) is 5.01 Å². The Kier molecular flexibility index (Phi) is 3.12. The van der Waals surface area contributed by atoms with Gasteiger partial charge < -0.3 is 0 Å². The monoisotopic (exact) mass is 255 g/mol. The predicted octanol–water partition coefficient (Wildman–Crippen LogP) is 2.69. The summed E-state index contributed by atoms with van der Waals surface area (Å²) in [6, 6.07) is 2.64. The number of thiazole rings is 1. The zero-order chi connectivity index (χ0) is 11.5. The molecule has 2 aromatic rings. The van der Waals surface area contributed by atoms with Crippen LogP contribution in [-0.2, 0) is 6.42 Å². The molecule has 0 aliphatic heterocycles. The molecule has 2 aromatic heterocycles. The van der Waals surface area contributed by atoms with Gasteiger partial charge in [0.05, 0.1) is 21.7 Å². The molecule has 0 amide bonds. The van der Waals surface area contributed by atoms with Crippen LogP contribution in [0.4, 0.5) is 5.69 Å². The number of nitro groups is 1. The molecule has 0 radical (unpaired) electrons. The van der Waals surface area contributed by atoms with Gasteiger partial charge in [0.25, 0.3) is 5.69 Å². The lowest BCUT2D eigenvalue weighted by molar-refractivity contribution is -0.385. The van der Waals surface area contributed by atoms with E-state index in [9.17, 15) is 10.1 Å². The number of halogens is 1. The zero-order valence-corrected chi connectivity index (χ0v) is 9.53. The highest BCUT2D eigenvalue weighted by molar-refractivity contribution is 7.09. The van der Waals surface area contributed by atoms with Crippen LogP contribution in [0.15, 0.2) is 23.7 Å². The van der Waals surface area contributed by atoms with Crippen LogP contribution >= 0.6 is 22.9 Å². The molecule has 0 fully saturated rings. The molecular formula is C9H6ClN3O2S. The Hall–Kier alpha value is -1.53. The maximum Gasteiger partial charge on any atom is 0.274 e. The molecule has 0 N–H and O–H groups in total. The minimum absolute atomic E-state index is 0.0495. The minimum Gasteiger partial charge on any atom is -0.258 e. The second-order valence-corrected chi connectivity index (χ2v) is 4.37. The molecule has 0 saturated carbocycles. The van der Waals surface area contributed by atoms with Gasteiger partial charge in [0.15, 0.2) is 0 Å². The van der Waals surface area contributed by atoms with Crippen molar-refractivity contribution in [1.29, 1.82) is 0 Å². The first kappa shape index (κ1) is 11.0. The summed E-state index contributed by atoms with van der Waals surface area (Å²) in [6.07, 6.45) is 2.14. The Morgan fingerprint density at radius 3 is 2.94 bits per heavy atom. The molecular weight excluding hydrogens is 250 g/mol. The lowest BCUT2D eigenvalue weighted by Crippen LogP contribution is -1.95. The summed E-state index contributed by atoms with van der Waals surface area (Å²) in [5.74, 6) is 0. The van der Waals surface area contributed by atoms with Gasteiger partial charge in [0.2, 0.25) is 0 Å². The molecule has 2 rings (SSSR count). The van der Waals surface area contributed by atoms with Crippen molar-refractivity contribution in [3.8, 4) is 0 Å². The third-order valence-electron chi connectivity index (χ3n) is 1.86. The third kappa shape index (κ3) is 2.53. The van der Waals surface area contributed by atoms with E-state index in [-0.39, 0.29) is 10.8 Å². The molecule has 2 heterocycles. The van der Waals surface area contributed by atoms with E-state index in [4.69, 9.17) is 11.6 Å². The molecule has 7 heteroatoms. The molecule has 0 spiro atoms. The third-order valence-corrected chi connectivity index (χ3v) is 2.83. The van der Waals surface area contributed by atoms with Crippen molar-refractivity contribution in [3.05, 3.63) is 49.7 Å². The summed E-state index contributed by atoms with van der Waals surface area (Å²) in [7, 11) is 0. The van der Waals surface area contributed by atoms with E-state index >= 15 is 0 Å². The first-order valence-electron chi connectivity index (χ1n) is 4.34. The minimum atomic E-state index is -0.487. The summed E-state index contributed by atoms with van der Waals surface area (Å²) in [6.45, 7) is 0. The van der Waals surface area contributed by atoms with Crippen LogP contribution in [0.25, 0.3) is 0 Å². The smallest absolute Gasteiger partial charge is 0.258 e. The number of rotatable bonds is 3. The Bertz CT molecular complexity index is 515. The molecule has 5 nitrogen and oxygen atoms in total. The van der Waals surface area contributed by atoms with Gasteiger partial charge in [-0.1, -0.05) is 11.6 Å². The molecule has 0 aliphatic rings. The van der Waals surface area contributed by atoms with Crippen LogP contribution in [-0.4, -0.2) is 14.9 Å². The standard InChI is InChI=1S/C9H6ClN3O2S/c10-8-5-7(13(14)15)3-6(12-8)4-9-11-1-2-16-9/h1-3,5H,4H2. The Morgan fingerprint density at radius 1 is 1.50 bits per heavy atom. The normalized spacial score (nSPS) is 10.3. The number of pyridine rings is 1. The van der Waals surface area contributed by atoms with Gasteiger partial charge in [-0.15, -0.1) is 11.3 Å². The highest BCUT2D eigenvalue weighted by atomic mass is 35.5. The van der Waals surface area contributed by atoms with Crippen molar-refractivity contribution in [2.75, 3.05) is 0 Å². The lowest BCUT2D eigenvalue weighted by Gasteiger charge is -1.98. The number of hydrogen-bond acceptors (Lipinski definition) is 5. The molecule has 0 atom stereocenters. The Morgan fingerprint density at radius 2 is 2.31 bits per heavy atom. The van der Waals surface area contributed by atoms with Gasteiger partial charge in [-0.3, -0.25) is 10.1 Å². The van der Waals surface area contributed by atoms with E-state index in [1.165, 1.54) is 23.5 Å². The summed E-state index contributed by atoms with van der Waals surface area (Å²) in [5, 5.41) is 13.4. The number of aromatic nitrogens is 2. The SMILES string of the molecule is O=[N+]([O-])c1cc(Cl)nc(Cc2nccs2)c1. The quantitative estimate of drug-likeness (QED) is 0.480. The summed E-state index contributed by atoms with van der Waals surface area (Å²) >= 11 is 7.18. The van der Waals surface area contributed by atoms with Crippen LogP contribution < -0.4 is 0 Å². The van der Waals surface area contributed by atoms with Crippen molar-refractivity contribution < 1.29 is 4.92 Å². The van der Waals surface area contributed by atoms with Crippen molar-refractivity contribution in [2.45, 2.75) is 6.42 Å². The maximum atomic E-state index is 10.6. The van der Waals surface area contributed by atoms with E-state index < -0.39 is 4.92 Å². The fraction of sp³-hybridized carbons (Fsp3) is 0.111. The lowest BCUT2D eigenvalue weighted by atomic mass is 10.2. The van der Waals surface area contributed by atoms with Crippen molar-refractivity contribution in [2.24, 2.45) is 0 Å². The summed E-state index contributed by atoms with van der Waals surface area (Å²) < 4.78 is 0. The van der Waals surface area contributed by atoms with E-state index in [0.29, 0.717) is 12.1 Å². The van der Waals surface area contributed by atoms with Crippen LogP contribution in [0.2, 0.25) is 5.15 Å². The average Bonchev–Trinajstić information content (AvgIpc) is 2.69. The summed E-state index contributed by atoms with van der Waals surface area (Å²) in [4.78, 5) is 18.2. The molecule has 82 valence electrons. The van der Waals surface area contributed by atoms with Crippen molar-refractivity contribution in [3.63, 3.8) is 0 Å². The van der Waals surface area contributed by atoms with Crippen molar-refractivity contribution in [1.82, 2.24) is 9.97 Å². The zero-order valence-electron chi connectivity index (χ0n) is 7.96. The first-order chi connectivity index (χ1) is 7.65. The van der Waals surface area contributed by atoms with Crippen LogP contribution in [0.5, 0.6) is 0 Å². The average molecular weight is 256 g/mol. The Labute approximate surface area is 99.9 Å². The van der Waals surface area contributed by atoms with Gasteiger partial charge in [-0.2, -0.15) is 0 Å². The fourth-order valence-electron chi connectivity index (χ4n) is 1.23. The van der Waals surface area contributed by atoms with Gasteiger partial charge >= 0.3 is 0 Å². The molecule has 0 saturated heterocycles. The van der Waals surface area contributed by atoms with E-state index in [1.807, 2.05) is 5.38 Å². The van der Waals surface area contributed by atoms with Gasteiger partial charge in [-0.05, 0) is 0 Å². The molecule has 0 unspecified atom stereocenters. The molecule has 0 aliphatic carbocycles. The summed E-state index contributed by atoms with van der Waals surface area (Å²) in [5.41, 5.74) is 0.501. The van der Waals surface area contributed by atoms with Gasteiger partial charge in [0.1, 0.15) is 5.15 Å². The molecule has 16 heavy (non-hydrogen) atoms. The highest BCUT2D eigenvalue weighted by Gasteiger charge is 2.11. The van der Waals surface area contributed by atoms with E-state index in [1.54, 1.807) is 6.20 Å². The second kappa shape index (κ2) is 4.54. The first-order valence-corrected chi connectivity index (χ1v) is 5.60. The predicted molar refractivity (Wildman–Crippen MR) is 60.8 cm³/mol. The largest absolute Gasteiger partial charge is 0.274 e. The van der Waals surface area contributed by atoms with E-state index in [2.05, 4.69) is 9.97 Å². The maximum absolute atomic E-state index is 10.6. The second-order valence-electron chi connectivity index (χ2n) is 3.00. The Balaban J connectivity index is 2.31. The number of hydrogen-bond donors (Lipinski definition) is 0. The topological polar surface area (TPSA) is 68.9 Å². The van der Waals surface area contributed by atoms with Gasteiger partial charge in [0, 0.05) is 24.1 Å². The van der Waals surface area contributed by atoms with Crippen LogP contribution in [0.3, 0.4) is 0 Å². The van der Waals surface area contributed by atoms with Crippen LogP contribution in [0.1, 0.15) is 10.7 Å². The molecule has 0 aromatic carbocycles. The number of nitrogens with zero attached hydrogens (tertiary/aromatic N) is 3. The van der Waals surface area contributed by atoms with Crippen molar-refractivity contribution >= 4 is 28.6 Å². The van der Waals surface area contributed by atoms with Gasteiger partial charge in [-0.25, -0.2) is 9.97 Å². The highest BCUT2D eigenvalue weighted by Crippen LogP contribution is 2.20. The molecule has 0 bridgehead atoms. The fourth-order valence-corrected chi connectivity index (χ4v) is 2.08. The van der Waals surface area contributed by atoms with Crippen LogP contribution in [0, 0.1) is 10.1 Å².